The van der Waals surface area contributed by atoms with Crippen LogP contribution in [0.4, 0.5) is 10.1 Å². The Balaban J connectivity index is 1.95. The van der Waals surface area contributed by atoms with Crippen molar-refractivity contribution >= 4 is 33.2 Å². The molecular formula is C21H22ClFN4O4S. The summed E-state index contributed by atoms with van der Waals surface area (Å²) >= 11 is 6.37. The van der Waals surface area contributed by atoms with Gasteiger partial charge in [0.2, 0.25) is 10.0 Å². The van der Waals surface area contributed by atoms with Gasteiger partial charge in [-0.15, -0.1) is 0 Å². The van der Waals surface area contributed by atoms with Crippen molar-refractivity contribution in [2.24, 2.45) is 0 Å². The second-order valence-corrected chi connectivity index (χ2v) is 9.16. The molecule has 0 fully saturated rings. The molecule has 1 aromatic heterocycles. The number of sulfonamides is 1. The number of rotatable bonds is 7. The highest BCUT2D eigenvalue weighted by Crippen LogP contribution is 2.30. The lowest BCUT2D eigenvalue weighted by Crippen LogP contribution is -2.30. The van der Waals surface area contributed by atoms with E-state index in [9.17, 15) is 22.7 Å². The average molecular weight is 481 g/mol. The van der Waals surface area contributed by atoms with Gasteiger partial charge in [-0.25, -0.2) is 17.5 Å². The topological polar surface area (TPSA) is 105 Å². The van der Waals surface area contributed by atoms with Gasteiger partial charge in [-0.3, -0.25) is 4.79 Å². The van der Waals surface area contributed by atoms with E-state index in [2.05, 4.69) is 10.4 Å². The fourth-order valence-corrected chi connectivity index (χ4v) is 5.03. The first-order chi connectivity index (χ1) is 15.1. The molecule has 0 aliphatic rings. The highest BCUT2D eigenvalue weighted by Gasteiger charge is 2.25. The molecule has 0 radical (unpaired) electrons. The van der Waals surface area contributed by atoms with Gasteiger partial charge in [0.25, 0.3) is 5.91 Å². The molecule has 0 bridgehead atoms. The van der Waals surface area contributed by atoms with Crippen LogP contribution in [0.15, 0.2) is 47.4 Å². The van der Waals surface area contributed by atoms with Crippen molar-refractivity contribution in [2.75, 3.05) is 18.4 Å². The van der Waals surface area contributed by atoms with Crippen LogP contribution in [-0.2, 0) is 10.0 Å². The normalized spacial score (nSPS) is 11.7. The number of nitrogens with zero attached hydrogens (tertiary/aromatic N) is 3. The van der Waals surface area contributed by atoms with Crippen LogP contribution in [0, 0.1) is 12.7 Å². The summed E-state index contributed by atoms with van der Waals surface area (Å²) in [5, 5.41) is 16.9. The second kappa shape index (κ2) is 9.27. The minimum absolute atomic E-state index is 0.0157. The van der Waals surface area contributed by atoms with E-state index in [0.717, 1.165) is 0 Å². The summed E-state index contributed by atoms with van der Waals surface area (Å²) in [5.41, 5.74) is 0.692. The summed E-state index contributed by atoms with van der Waals surface area (Å²) in [7, 11) is -3.79. The van der Waals surface area contributed by atoms with Gasteiger partial charge in [-0.2, -0.15) is 9.40 Å². The quantitative estimate of drug-likeness (QED) is 0.498. The Morgan fingerprint density at radius 1 is 1.19 bits per heavy atom. The number of carbonyl (C=O) groups is 1. The van der Waals surface area contributed by atoms with Crippen LogP contribution in [0.1, 0.15) is 29.9 Å². The van der Waals surface area contributed by atoms with Crippen molar-refractivity contribution in [1.29, 1.82) is 0 Å². The van der Waals surface area contributed by atoms with Gasteiger partial charge in [0, 0.05) is 13.1 Å². The summed E-state index contributed by atoms with van der Waals surface area (Å²) in [5.74, 6) is -1.42. The van der Waals surface area contributed by atoms with Crippen LogP contribution >= 0.6 is 11.6 Å². The number of carbonyl (C=O) groups excluding carboxylic acids is 1. The number of hydrogen-bond acceptors (Lipinski definition) is 5. The predicted molar refractivity (Wildman–Crippen MR) is 119 cm³/mol. The summed E-state index contributed by atoms with van der Waals surface area (Å²) in [6.45, 7) is 5.56. The molecule has 0 spiro atoms. The highest BCUT2D eigenvalue weighted by molar-refractivity contribution is 7.89. The maximum atomic E-state index is 13.2. The van der Waals surface area contributed by atoms with Crippen molar-refractivity contribution in [3.8, 4) is 11.4 Å². The van der Waals surface area contributed by atoms with Gasteiger partial charge >= 0.3 is 0 Å². The van der Waals surface area contributed by atoms with Crippen LogP contribution in [0.5, 0.6) is 5.75 Å². The maximum Gasteiger partial charge on any atom is 0.260 e. The zero-order valence-electron chi connectivity index (χ0n) is 17.6. The molecule has 170 valence electrons. The van der Waals surface area contributed by atoms with Crippen molar-refractivity contribution in [1.82, 2.24) is 14.1 Å². The molecule has 2 N–H and O–H groups in total. The number of aromatic hydroxyl groups is 1. The first-order valence-corrected chi connectivity index (χ1v) is 11.6. The zero-order valence-corrected chi connectivity index (χ0v) is 19.2. The molecule has 2 aromatic carbocycles. The number of halogens is 2. The fraction of sp³-hybridized carbons (Fsp3) is 0.238. The summed E-state index contributed by atoms with van der Waals surface area (Å²) in [4.78, 5) is 12.9. The Kier molecular flexibility index (Phi) is 6.87. The summed E-state index contributed by atoms with van der Waals surface area (Å²) < 4.78 is 41.3. The van der Waals surface area contributed by atoms with Gasteiger partial charge < -0.3 is 10.4 Å². The molecule has 0 saturated heterocycles. The van der Waals surface area contributed by atoms with E-state index >= 15 is 0 Å². The largest absolute Gasteiger partial charge is 0.506 e. The number of aryl methyl sites for hydroxylation is 1. The molecule has 1 amide bonds. The number of phenols is 1. The lowest BCUT2D eigenvalue weighted by atomic mass is 10.2. The molecule has 0 aliphatic heterocycles. The third-order valence-corrected chi connectivity index (χ3v) is 7.26. The molecule has 8 nitrogen and oxygen atoms in total. The molecule has 3 aromatic rings. The van der Waals surface area contributed by atoms with Gasteiger partial charge in [0.1, 0.15) is 22.3 Å². The third-order valence-electron chi connectivity index (χ3n) is 4.86. The second-order valence-electron chi connectivity index (χ2n) is 6.86. The van der Waals surface area contributed by atoms with E-state index < -0.39 is 21.7 Å². The standard InChI is InChI=1S/C21H22ClFN4O4S/c1-4-26(5-2)32(30,31)16-10-11-18(28)17(12-16)24-21(29)19-13(3)25-27(20(19)22)15-8-6-14(23)7-9-15/h6-12,28H,4-5H2,1-3H3,(H,24,29). The van der Waals surface area contributed by atoms with Gasteiger partial charge in [-0.1, -0.05) is 25.4 Å². The molecule has 11 heteroatoms. The number of nitrogens with one attached hydrogen (secondary N) is 1. The fourth-order valence-electron chi connectivity index (χ4n) is 3.18. The van der Waals surface area contributed by atoms with E-state index in [1.54, 1.807) is 20.8 Å². The average Bonchev–Trinajstić information content (AvgIpc) is 3.04. The Bertz CT molecular complexity index is 1260. The summed E-state index contributed by atoms with van der Waals surface area (Å²) in [6.07, 6.45) is 0. The Morgan fingerprint density at radius 3 is 2.41 bits per heavy atom. The molecular weight excluding hydrogens is 459 g/mol. The number of amides is 1. The SMILES string of the molecule is CCN(CC)S(=O)(=O)c1ccc(O)c(NC(=O)c2c(C)nn(-c3ccc(F)cc3)c2Cl)c1. The van der Waals surface area contributed by atoms with Crippen molar-refractivity contribution in [2.45, 2.75) is 25.7 Å². The monoisotopic (exact) mass is 480 g/mol. The Hall–Kier alpha value is -2.95. The lowest BCUT2D eigenvalue weighted by molar-refractivity contribution is 0.102. The Labute approximate surface area is 190 Å². The van der Waals surface area contributed by atoms with Gasteiger partial charge in [0.15, 0.2) is 0 Å². The molecule has 0 unspecified atom stereocenters. The molecule has 0 saturated carbocycles. The molecule has 3 rings (SSSR count). The van der Waals surface area contributed by atoms with Crippen LogP contribution in [0.25, 0.3) is 5.69 Å². The van der Waals surface area contributed by atoms with E-state index in [0.29, 0.717) is 11.4 Å². The highest BCUT2D eigenvalue weighted by atomic mass is 35.5. The van der Waals surface area contributed by atoms with E-state index in [1.807, 2.05) is 0 Å². The third kappa shape index (κ3) is 4.47. The zero-order chi connectivity index (χ0) is 23.6. The first-order valence-electron chi connectivity index (χ1n) is 9.75. The number of hydrogen-bond donors (Lipinski definition) is 2. The predicted octanol–water partition coefficient (Wildman–Crippen LogP) is 3.96. The lowest BCUT2D eigenvalue weighted by Gasteiger charge is -2.19. The van der Waals surface area contributed by atoms with Crippen molar-refractivity contribution in [3.05, 3.63) is 64.7 Å². The van der Waals surface area contributed by atoms with Crippen LogP contribution < -0.4 is 5.32 Å². The van der Waals surface area contributed by atoms with Gasteiger partial charge in [-0.05, 0) is 49.4 Å². The Morgan fingerprint density at radius 2 is 1.81 bits per heavy atom. The molecule has 0 aliphatic carbocycles. The van der Waals surface area contributed by atoms with Crippen molar-refractivity contribution < 1.29 is 22.7 Å². The van der Waals surface area contributed by atoms with Crippen LogP contribution in [0.3, 0.4) is 0 Å². The smallest absolute Gasteiger partial charge is 0.260 e. The molecule has 0 atom stereocenters. The van der Waals surface area contributed by atoms with E-state index in [1.165, 1.54) is 51.5 Å². The van der Waals surface area contributed by atoms with E-state index in [-0.39, 0.29) is 40.1 Å². The van der Waals surface area contributed by atoms with Crippen molar-refractivity contribution in [3.63, 3.8) is 0 Å². The first kappa shape index (κ1) is 23.7. The summed E-state index contributed by atoms with van der Waals surface area (Å²) in [6, 6.07) is 9.05. The van der Waals surface area contributed by atoms with Crippen LogP contribution in [-0.4, -0.2) is 46.6 Å². The molecule has 32 heavy (non-hydrogen) atoms. The molecule has 1 heterocycles. The van der Waals surface area contributed by atoms with E-state index in [4.69, 9.17) is 11.6 Å². The van der Waals surface area contributed by atoms with Gasteiger partial charge in [0.05, 0.1) is 22.0 Å². The number of anilines is 1. The number of aromatic nitrogens is 2. The minimum atomic E-state index is -3.79. The minimum Gasteiger partial charge on any atom is -0.506 e. The number of phenolic OH excluding ortho intramolecular Hbond substituents is 1. The number of benzene rings is 2. The maximum absolute atomic E-state index is 13.2. The van der Waals surface area contributed by atoms with Crippen LogP contribution in [0.2, 0.25) is 5.15 Å².